The van der Waals surface area contributed by atoms with Gasteiger partial charge >= 0.3 is 5.97 Å². The fourth-order valence-electron chi connectivity index (χ4n) is 1.83. The van der Waals surface area contributed by atoms with Crippen molar-refractivity contribution in [3.63, 3.8) is 0 Å². The molecule has 0 fully saturated rings. The molecule has 0 aromatic heterocycles. The standard InChI is InChI=1S/C14H20N2O5S/c1-4-16(9-13(17)18)14(19)11-5-7-12(8-6-11)22(20,21)15-10(2)3/h5-8,10,15H,4,9H2,1-3H3,(H,17,18). The Balaban J connectivity index is 2.97. The van der Waals surface area contributed by atoms with Crippen molar-refractivity contribution >= 4 is 21.9 Å². The third-order valence-corrected chi connectivity index (χ3v) is 4.47. The quantitative estimate of drug-likeness (QED) is 0.774. The molecule has 0 radical (unpaired) electrons. The van der Waals surface area contributed by atoms with Crippen LogP contribution in [0.4, 0.5) is 0 Å². The first-order chi connectivity index (χ1) is 10.2. The molecule has 1 amide bonds. The Morgan fingerprint density at radius 3 is 2.18 bits per heavy atom. The van der Waals surface area contributed by atoms with E-state index in [-0.39, 0.29) is 23.0 Å². The summed E-state index contributed by atoms with van der Waals surface area (Å²) >= 11 is 0. The Morgan fingerprint density at radius 1 is 1.23 bits per heavy atom. The summed E-state index contributed by atoms with van der Waals surface area (Å²) in [6.45, 7) is 4.94. The number of likely N-dealkylation sites (N-methyl/N-ethyl adjacent to an activating group) is 1. The Bertz CT molecular complexity index is 638. The second kappa shape index (κ2) is 7.37. The molecule has 0 unspecified atom stereocenters. The second-order valence-electron chi connectivity index (χ2n) is 5.01. The van der Waals surface area contributed by atoms with E-state index in [2.05, 4.69) is 4.72 Å². The summed E-state index contributed by atoms with van der Waals surface area (Å²) in [7, 11) is -3.62. The molecule has 1 aromatic carbocycles. The van der Waals surface area contributed by atoms with Crippen LogP contribution < -0.4 is 4.72 Å². The zero-order chi connectivity index (χ0) is 16.9. The van der Waals surface area contributed by atoms with Crippen LogP contribution in [0, 0.1) is 0 Å². The maximum absolute atomic E-state index is 12.1. The molecule has 7 nitrogen and oxygen atoms in total. The maximum Gasteiger partial charge on any atom is 0.323 e. The van der Waals surface area contributed by atoms with Gasteiger partial charge in [0.25, 0.3) is 5.91 Å². The van der Waals surface area contributed by atoms with E-state index in [4.69, 9.17) is 5.11 Å². The van der Waals surface area contributed by atoms with Crippen LogP contribution >= 0.6 is 0 Å². The van der Waals surface area contributed by atoms with E-state index < -0.39 is 28.4 Å². The summed E-state index contributed by atoms with van der Waals surface area (Å²) in [5.74, 6) is -1.55. The minimum Gasteiger partial charge on any atom is -0.480 e. The fourth-order valence-corrected chi connectivity index (χ4v) is 3.08. The van der Waals surface area contributed by atoms with Gasteiger partial charge in [0.2, 0.25) is 10.0 Å². The molecule has 0 spiro atoms. The van der Waals surface area contributed by atoms with Gasteiger partial charge in [0, 0.05) is 18.2 Å². The molecule has 0 heterocycles. The summed E-state index contributed by atoms with van der Waals surface area (Å²) in [4.78, 5) is 24.1. The zero-order valence-electron chi connectivity index (χ0n) is 12.7. The highest BCUT2D eigenvalue weighted by Gasteiger charge is 2.19. The fraction of sp³-hybridized carbons (Fsp3) is 0.429. The first kappa shape index (κ1) is 18.1. The lowest BCUT2D eigenvalue weighted by atomic mass is 10.2. The highest BCUT2D eigenvalue weighted by molar-refractivity contribution is 7.89. The molecule has 122 valence electrons. The third kappa shape index (κ3) is 4.81. The van der Waals surface area contributed by atoms with Crippen LogP contribution in [-0.4, -0.2) is 49.4 Å². The molecule has 8 heteroatoms. The highest BCUT2D eigenvalue weighted by Crippen LogP contribution is 2.13. The summed E-state index contributed by atoms with van der Waals surface area (Å²) < 4.78 is 26.4. The molecule has 1 aromatic rings. The number of nitrogens with zero attached hydrogens (tertiary/aromatic N) is 1. The van der Waals surface area contributed by atoms with Crippen LogP contribution in [-0.2, 0) is 14.8 Å². The molecule has 1 rings (SSSR count). The van der Waals surface area contributed by atoms with Crippen LogP contribution in [0.1, 0.15) is 31.1 Å². The molecule has 0 aliphatic rings. The van der Waals surface area contributed by atoms with Gasteiger partial charge in [0.1, 0.15) is 6.54 Å². The van der Waals surface area contributed by atoms with Crippen LogP contribution in [0.5, 0.6) is 0 Å². The van der Waals surface area contributed by atoms with Crippen molar-refractivity contribution in [3.05, 3.63) is 29.8 Å². The van der Waals surface area contributed by atoms with Gasteiger partial charge in [-0.1, -0.05) is 0 Å². The topological polar surface area (TPSA) is 104 Å². The molecule has 0 aliphatic heterocycles. The van der Waals surface area contributed by atoms with Crippen LogP contribution in [0.2, 0.25) is 0 Å². The lowest BCUT2D eigenvalue weighted by Crippen LogP contribution is -2.35. The number of nitrogens with one attached hydrogen (secondary N) is 1. The van der Waals surface area contributed by atoms with E-state index in [1.165, 1.54) is 24.3 Å². The molecule has 2 N–H and O–H groups in total. The lowest BCUT2D eigenvalue weighted by molar-refractivity contribution is -0.137. The predicted octanol–water partition coefficient (Wildman–Crippen LogP) is 0.920. The van der Waals surface area contributed by atoms with E-state index in [9.17, 15) is 18.0 Å². The van der Waals surface area contributed by atoms with Gasteiger partial charge in [0.05, 0.1) is 4.90 Å². The average molecular weight is 328 g/mol. The van der Waals surface area contributed by atoms with Crippen molar-refractivity contribution < 1.29 is 23.1 Å². The third-order valence-electron chi connectivity index (χ3n) is 2.80. The Labute approximate surface area is 130 Å². The number of carbonyl (C=O) groups excluding carboxylic acids is 1. The molecular formula is C14H20N2O5S. The molecule has 0 atom stereocenters. The van der Waals surface area contributed by atoms with Crippen LogP contribution in [0.25, 0.3) is 0 Å². The summed E-state index contributed by atoms with van der Waals surface area (Å²) in [5, 5.41) is 8.76. The van der Waals surface area contributed by atoms with E-state index >= 15 is 0 Å². The Hall–Kier alpha value is -1.93. The molecule has 0 saturated heterocycles. The molecule has 22 heavy (non-hydrogen) atoms. The van der Waals surface area contributed by atoms with Crippen molar-refractivity contribution in [1.29, 1.82) is 0 Å². The van der Waals surface area contributed by atoms with Gasteiger partial charge in [-0.2, -0.15) is 0 Å². The average Bonchev–Trinajstić information content (AvgIpc) is 2.42. The van der Waals surface area contributed by atoms with Crippen molar-refractivity contribution in [1.82, 2.24) is 9.62 Å². The predicted molar refractivity (Wildman–Crippen MR) is 81.1 cm³/mol. The van der Waals surface area contributed by atoms with Crippen molar-refractivity contribution in [2.24, 2.45) is 0 Å². The van der Waals surface area contributed by atoms with Crippen LogP contribution in [0.15, 0.2) is 29.2 Å². The number of hydrogen-bond donors (Lipinski definition) is 2. The first-order valence-corrected chi connectivity index (χ1v) is 8.29. The van der Waals surface area contributed by atoms with E-state index in [1.54, 1.807) is 20.8 Å². The maximum atomic E-state index is 12.1. The second-order valence-corrected chi connectivity index (χ2v) is 6.73. The van der Waals surface area contributed by atoms with Gasteiger partial charge in [-0.25, -0.2) is 13.1 Å². The van der Waals surface area contributed by atoms with Gasteiger partial charge in [0.15, 0.2) is 0 Å². The number of sulfonamides is 1. The smallest absolute Gasteiger partial charge is 0.323 e. The number of carboxylic acids is 1. The van der Waals surface area contributed by atoms with E-state index in [0.29, 0.717) is 0 Å². The largest absolute Gasteiger partial charge is 0.480 e. The number of rotatable bonds is 7. The minimum absolute atomic E-state index is 0.0547. The lowest BCUT2D eigenvalue weighted by Gasteiger charge is -2.18. The summed E-state index contributed by atoms with van der Waals surface area (Å²) in [5.41, 5.74) is 0.242. The van der Waals surface area contributed by atoms with Crippen molar-refractivity contribution in [2.75, 3.05) is 13.1 Å². The van der Waals surface area contributed by atoms with Gasteiger partial charge in [-0.15, -0.1) is 0 Å². The first-order valence-electron chi connectivity index (χ1n) is 6.80. The number of amides is 1. The molecular weight excluding hydrogens is 308 g/mol. The number of carboxylic acid groups (broad SMARTS) is 1. The van der Waals surface area contributed by atoms with Crippen molar-refractivity contribution in [3.8, 4) is 0 Å². The number of carbonyl (C=O) groups is 2. The minimum atomic E-state index is -3.62. The number of benzene rings is 1. The Kier molecular flexibility index (Phi) is 6.07. The van der Waals surface area contributed by atoms with E-state index in [1.807, 2.05) is 0 Å². The van der Waals surface area contributed by atoms with Gasteiger partial charge < -0.3 is 10.0 Å². The number of aliphatic carboxylic acids is 1. The summed E-state index contributed by atoms with van der Waals surface area (Å²) in [6.07, 6.45) is 0. The monoisotopic (exact) mass is 328 g/mol. The van der Waals surface area contributed by atoms with Gasteiger partial charge in [-0.3, -0.25) is 9.59 Å². The number of hydrogen-bond acceptors (Lipinski definition) is 4. The molecule has 0 saturated carbocycles. The Morgan fingerprint density at radius 2 is 1.77 bits per heavy atom. The zero-order valence-corrected chi connectivity index (χ0v) is 13.6. The molecule has 0 aliphatic carbocycles. The highest BCUT2D eigenvalue weighted by atomic mass is 32.2. The van der Waals surface area contributed by atoms with Crippen molar-refractivity contribution in [2.45, 2.75) is 31.7 Å². The van der Waals surface area contributed by atoms with Crippen LogP contribution in [0.3, 0.4) is 0 Å². The summed E-state index contributed by atoms with van der Waals surface area (Å²) in [6, 6.07) is 5.17. The van der Waals surface area contributed by atoms with E-state index in [0.717, 1.165) is 4.90 Å². The SMILES string of the molecule is CCN(CC(=O)O)C(=O)c1ccc(S(=O)(=O)NC(C)C)cc1. The van der Waals surface area contributed by atoms with Gasteiger partial charge in [-0.05, 0) is 45.0 Å². The molecule has 0 bridgehead atoms. The normalized spacial score (nSPS) is 11.5.